The van der Waals surface area contributed by atoms with E-state index >= 15 is 0 Å². The van der Waals surface area contributed by atoms with Gasteiger partial charge in [-0.1, -0.05) is 26.0 Å². The zero-order valence-corrected chi connectivity index (χ0v) is 13.1. The van der Waals surface area contributed by atoms with Gasteiger partial charge in [-0.05, 0) is 49.3 Å². The van der Waals surface area contributed by atoms with Gasteiger partial charge in [-0.25, -0.2) is 13.1 Å². The van der Waals surface area contributed by atoms with Crippen LogP contribution in [0.4, 0.5) is 0 Å². The van der Waals surface area contributed by atoms with E-state index in [1.807, 2.05) is 26.0 Å². The van der Waals surface area contributed by atoms with Gasteiger partial charge in [0.1, 0.15) is 0 Å². The minimum absolute atomic E-state index is 0.234. The predicted octanol–water partition coefficient (Wildman–Crippen LogP) is 2.32. The lowest BCUT2D eigenvalue weighted by Crippen LogP contribution is -2.52. The standard InChI is InChI=1S/C15H24N2O2S/c1-3-13-7-6-12(11-16)10-14(13)20(18,19)17-15(4-2)8-5-9-15/h6-7,10,17H,3-5,8-9,11,16H2,1-2H3. The highest BCUT2D eigenvalue weighted by atomic mass is 32.2. The molecule has 0 spiro atoms. The highest BCUT2D eigenvalue weighted by Crippen LogP contribution is 2.36. The van der Waals surface area contributed by atoms with Gasteiger partial charge in [-0.2, -0.15) is 0 Å². The molecular weight excluding hydrogens is 272 g/mol. The van der Waals surface area contributed by atoms with Crippen LogP contribution in [0.15, 0.2) is 23.1 Å². The molecule has 1 aliphatic carbocycles. The van der Waals surface area contributed by atoms with Crippen LogP contribution >= 0.6 is 0 Å². The van der Waals surface area contributed by atoms with Crippen LogP contribution in [0.25, 0.3) is 0 Å². The van der Waals surface area contributed by atoms with Gasteiger partial charge in [-0.15, -0.1) is 0 Å². The first-order valence-corrected chi connectivity index (χ1v) is 8.80. The fourth-order valence-corrected chi connectivity index (χ4v) is 4.63. The first-order chi connectivity index (χ1) is 9.46. The third kappa shape index (κ3) is 2.90. The average molecular weight is 296 g/mol. The van der Waals surface area contributed by atoms with Crippen molar-refractivity contribution in [3.63, 3.8) is 0 Å². The maximum Gasteiger partial charge on any atom is 0.241 e. The van der Waals surface area contributed by atoms with E-state index in [0.717, 1.165) is 36.8 Å². The Kier molecular flexibility index (Phi) is 4.52. The van der Waals surface area contributed by atoms with Crippen molar-refractivity contribution >= 4 is 10.0 Å². The summed E-state index contributed by atoms with van der Waals surface area (Å²) in [7, 11) is -3.47. The van der Waals surface area contributed by atoms with E-state index in [1.165, 1.54) is 0 Å². The van der Waals surface area contributed by atoms with E-state index in [4.69, 9.17) is 5.73 Å². The van der Waals surface area contributed by atoms with E-state index < -0.39 is 10.0 Å². The minimum Gasteiger partial charge on any atom is -0.326 e. The Bertz CT molecular complexity index is 572. The van der Waals surface area contributed by atoms with Crippen LogP contribution in [0.3, 0.4) is 0 Å². The second kappa shape index (κ2) is 5.84. The maximum absolute atomic E-state index is 12.7. The molecule has 1 aromatic rings. The van der Waals surface area contributed by atoms with E-state index in [-0.39, 0.29) is 5.54 Å². The first-order valence-electron chi connectivity index (χ1n) is 7.32. The summed E-state index contributed by atoms with van der Waals surface area (Å²) in [5.74, 6) is 0. The Morgan fingerprint density at radius 3 is 2.45 bits per heavy atom. The largest absolute Gasteiger partial charge is 0.326 e. The molecule has 20 heavy (non-hydrogen) atoms. The molecule has 4 nitrogen and oxygen atoms in total. The third-order valence-corrected chi connectivity index (χ3v) is 6.04. The summed E-state index contributed by atoms with van der Waals surface area (Å²) in [6.07, 6.45) is 4.49. The van der Waals surface area contributed by atoms with Crippen LogP contribution in [-0.2, 0) is 23.0 Å². The van der Waals surface area contributed by atoms with Gasteiger partial charge in [0.05, 0.1) is 4.90 Å². The zero-order valence-electron chi connectivity index (χ0n) is 12.3. The smallest absolute Gasteiger partial charge is 0.241 e. The Hall–Kier alpha value is -0.910. The number of nitrogens with two attached hydrogens (primary N) is 1. The van der Waals surface area contributed by atoms with Crippen molar-refractivity contribution in [2.24, 2.45) is 5.73 Å². The van der Waals surface area contributed by atoms with Gasteiger partial charge >= 0.3 is 0 Å². The maximum atomic E-state index is 12.7. The number of sulfonamides is 1. The molecule has 3 N–H and O–H groups in total. The lowest BCUT2D eigenvalue weighted by molar-refractivity contribution is 0.214. The first kappa shape index (κ1) is 15.5. The Morgan fingerprint density at radius 2 is 2.00 bits per heavy atom. The van der Waals surface area contributed by atoms with Crippen molar-refractivity contribution in [2.45, 2.75) is 62.9 Å². The van der Waals surface area contributed by atoms with Gasteiger partial charge in [0.15, 0.2) is 0 Å². The average Bonchev–Trinajstić information content (AvgIpc) is 2.42. The molecule has 0 heterocycles. The highest BCUT2D eigenvalue weighted by Gasteiger charge is 2.39. The van der Waals surface area contributed by atoms with Crippen LogP contribution in [0.2, 0.25) is 0 Å². The molecule has 1 aromatic carbocycles. The molecule has 0 bridgehead atoms. The van der Waals surface area contributed by atoms with Crippen LogP contribution in [0.5, 0.6) is 0 Å². The summed E-state index contributed by atoms with van der Waals surface area (Å²) in [4.78, 5) is 0.391. The summed E-state index contributed by atoms with van der Waals surface area (Å²) < 4.78 is 28.3. The Labute approximate surface area is 121 Å². The van der Waals surface area contributed by atoms with Crippen LogP contribution < -0.4 is 10.5 Å². The molecule has 0 aromatic heterocycles. The van der Waals surface area contributed by atoms with Crippen molar-refractivity contribution in [3.05, 3.63) is 29.3 Å². The fraction of sp³-hybridized carbons (Fsp3) is 0.600. The van der Waals surface area contributed by atoms with Gasteiger partial charge in [0, 0.05) is 12.1 Å². The summed E-state index contributed by atoms with van der Waals surface area (Å²) in [5.41, 5.74) is 7.09. The van der Waals surface area contributed by atoms with Crippen molar-refractivity contribution in [1.82, 2.24) is 4.72 Å². The number of hydrogen-bond acceptors (Lipinski definition) is 3. The second-order valence-electron chi connectivity index (χ2n) is 5.59. The van der Waals surface area contributed by atoms with Gasteiger partial charge in [0.25, 0.3) is 0 Å². The van der Waals surface area contributed by atoms with Gasteiger partial charge in [0.2, 0.25) is 10.0 Å². The summed E-state index contributed by atoms with van der Waals surface area (Å²) >= 11 is 0. The molecule has 0 aliphatic heterocycles. The van der Waals surface area contributed by atoms with Gasteiger partial charge in [-0.3, -0.25) is 0 Å². The molecule has 112 valence electrons. The topological polar surface area (TPSA) is 72.2 Å². The molecule has 1 fully saturated rings. The fourth-order valence-electron chi connectivity index (χ4n) is 2.74. The normalized spacial score (nSPS) is 17.8. The molecule has 0 amide bonds. The van der Waals surface area contributed by atoms with Crippen LogP contribution in [-0.4, -0.2) is 14.0 Å². The minimum atomic E-state index is -3.47. The second-order valence-corrected chi connectivity index (χ2v) is 7.24. The molecule has 0 saturated heterocycles. The molecule has 2 rings (SSSR count). The van der Waals surface area contributed by atoms with Crippen LogP contribution in [0.1, 0.15) is 50.7 Å². The summed E-state index contributed by atoms with van der Waals surface area (Å²) in [6.45, 7) is 4.36. The van der Waals surface area contributed by atoms with Crippen LogP contribution in [0, 0.1) is 0 Å². The van der Waals surface area contributed by atoms with Crippen molar-refractivity contribution in [1.29, 1.82) is 0 Å². The van der Waals surface area contributed by atoms with Crippen molar-refractivity contribution in [3.8, 4) is 0 Å². The number of rotatable bonds is 6. The molecule has 0 atom stereocenters. The monoisotopic (exact) mass is 296 g/mol. The molecule has 0 unspecified atom stereocenters. The van der Waals surface area contributed by atoms with E-state index in [2.05, 4.69) is 4.72 Å². The lowest BCUT2D eigenvalue weighted by Gasteiger charge is -2.41. The predicted molar refractivity (Wildman–Crippen MR) is 80.9 cm³/mol. The highest BCUT2D eigenvalue weighted by molar-refractivity contribution is 7.89. The van der Waals surface area contributed by atoms with Crippen molar-refractivity contribution < 1.29 is 8.42 Å². The molecule has 5 heteroatoms. The van der Waals surface area contributed by atoms with E-state index in [0.29, 0.717) is 17.9 Å². The quantitative estimate of drug-likeness (QED) is 0.846. The number of aryl methyl sites for hydroxylation is 1. The SMILES string of the molecule is CCc1ccc(CN)cc1S(=O)(=O)NC1(CC)CCC1. The molecule has 0 radical (unpaired) electrons. The third-order valence-electron chi connectivity index (χ3n) is 4.38. The summed E-state index contributed by atoms with van der Waals surface area (Å²) in [5, 5.41) is 0. The van der Waals surface area contributed by atoms with E-state index in [9.17, 15) is 8.42 Å². The van der Waals surface area contributed by atoms with Crippen molar-refractivity contribution in [2.75, 3.05) is 0 Å². The van der Waals surface area contributed by atoms with Gasteiger partial charge < -0.3 is 5.73 Å². The summed E-state index contributed by atoms with van der Waals surface area (Å²) in [6, 6.07) is 5.48. The zero-order chi connectivity index (χ0) is 14.8. The number of nitrogens with one attached hydrogen (secondary N) is 1. The number of benzene rings is 1. The molecule has 1 saturated carbocycles. The lowest BCUT2D eigenvalue weighted by atomic mass is 9.76. The molecule has 1 aliphatic rings. The van der Waals surface area contributed by atoms with E-state index in [1.54, 1.807) is 6.07 Å². The Balaban J connectivity index is 2.37. The number of hydrogen-bond donors (Lipinski definition) is 2. The Morgan fingerprint density at radius 1 is 1.30 bits per heavy atom. The molecular formula is C15H24N2O2S.